The predicted molar refractivity (Wildman–Crippen MR) is 83.9 cm³/mol. The topological polar surface area (TPSA) is 140 Å². The van der Waals surface area contributed by atoms with E-state index in [0.717, 1.165) is 0 Å². The van der Waals surface area contributed by atoms with Crippen LogP contribution in [0.4, 0.5) is 5.69 Å². The van der Waals surface area contributed by atoms with Gasteiger partial charge in [0.1, 0.15) is 0 Å². The van der Waals surface area contributed by atoms with Crippen molar-refractivity contribution in [3.8, 4) is 0 Å². The molecule has 2 aromatic carbocycles. The maximum Gasteiger partial charge on any atom is 0 e. The third-order valence-electron chi connectivity index (χ3n) is 3.04. The smallest absolute Gasteiger partial charge is 0 e. The van der Waals surface area contributed by atoms with Crippen LogP contribution in [0.15, 0.2) is 64.8 Å². The first-order valence-corrected chi connectivity index (χ1v) is 10.1. The molecule has 2 rings (SSSR count). The average Bonchev–Trinajstić information content (AvgIpc) is 2.53. The van der Waals surface area contributed by atoms with Crippen molar-refractivity contribution in [3.05, 3.63) is 66.1 Å². The number of carbonyl (C=O) groups is 1. The molecular weight excluding hydrogens is 431 g/mol. The van der Waals surface area contributed by atoms with E-state index >= 15 is 0 Å². The van der Waals surface area contributed by atoms with Crippen LogP contribution in [0.5, 0.6) is 0 Å². The third-order valence-corrected chi connectivity index (χ3v) is 5.15. The average molecular weight is 445 g/mol. The number of rotatable bonds is 6. The fourth-order valence-electron chi connectivity index (χ4n) is 1.97. The first-order chi connectivity index (χ1) is 11.3. The van der Waals surface area contributed by atoms with E-state index in [2.05, 4.69) is 10.2 Å². The number of aliphatic hydroxyl groups is 1. The molecule has 10 heteroatoms. The van der Waals surface area contributed by atoms with Crippen molar-refractivity contribution in [1.82, 2.24) is 0 Å². The molecule has 132 valence electrons. The summed E-state index contributed by atoms with van der Waals surface area (Å²) in [6.07, 6.45) is -1.79. The van der Waals surface area contributed by atoms with Crippen molar-refractivity contribution in [2.75, 3.05) is 0 Å². The Kier molecular flexibility index (Phi) is 7.64. The normalized spacial score (nSPS) is 12.4. The van der Waals surface area contributed by atoms with Gasteiger partial charge in [-0.15, -0.1) is 0 Å². The van der Waals surface area contributed by atoms with Crippen molar-refractivity contribution >= 4 is 30.2 Å². The summed E-state index contributed by atoms with van der Waals surface area (Å²) >= 11 is -5.22. The molecule has 0 heterocycles. The quantitative estimate of drug-likeness (QED) is 0.288. The van der Waals surface area contributed by atoms with E-state index < -0.39 is 32.3 Å². The summed E-state index contributed by atoms with van der Waals surface area (Å²) in [4.78, 5) is 11.4. The summed E-state index contributed by atoms with van der Waals surface area (Å²) in [5, 5.41) is 26.4. The van der Waals surface area contributed by atoms with E-state index in [1.54, 1.807) is 18.2 Å². The van der Waals surface area contributed by atoms with Gasteiger partial charge in [0.05, 0.1) is 0 Å². The molecule has 0 bridgehead atoms. The van der Waals surface area contributed by atoms with Gasteiger partial charge in [-0.05, 0) is 0 Å². The Bertz CT molecular complexity index is 796. The minimum absolute atomic E-state index is 0. The molecule has 1 unspecified atom stereocenters. The molecular formula is C15H14AsCrN2O6-. The Morgan fingerprint density at radius 3 is 2.16 bits per heavy atom. The second-order valence-corrected chi connectivity index (χ2v) is 8.00. The molecule has 0 aliphatic heterocycles. The maximum absolute atomic E-state index is 11.5. The van der Waals surface area contributed by atoms with Crippen molar-refractivity contribution in [3.63, 3.8) is 0 Å². The van der Waals surface area contributed by atoms with E-state index in [-0.39, 0.29) is 33.0 Å². The molecule has 0 fully saturated rings. The van der Waals surface area contributed by atoms with Crippen LogP contribution in [0.2, 0.25) is 0 Å². The number of carboxylic acid groups (broad SMARTS) is 1. The van der Waals surface area contributed by atoms with Gasteiger partial charge in [0.2, 0.25) is 0 Å². The maximum atomic E-state index is 11.5. The first kappa shape index (κ1) is 21.2. The van der Waals surface area contributed by atoms with E-state index in [4.69, 9.17) is 0 Å². The predicted octanol–water partition coefficient (Wildman–Crippen LogP) is 0.355. The zero-order chi connectivity index (χ0) is 17.7. The summed E-state index contributed by atoms with van der Waals surface area (Å²) in [7, 11) is 0. The van der Waals surface area contributed by atoms with Crippen LogP contribution in [-0.2, 0) is 25.9 Å². The van der Waals surface area contributed by atoms with Crippen LogP contribution < -0.4 is 4.35 Å². The van der Waals surface area contributed by atoms with Crippen LogP contribution in [0.25, 0.3) is 0 Å². The van der Waals surface area contributed by atoms with Crippen molar-refractivity contribution in [2.24, 2.45) is 10.2 Å². The van der Waals surface area contributed by atoms with Crippen LogP contribution in [0.3, 0.4) is 0 Å². The number of nitrogens with zero attached hydrogens (tertiary/aromatic N) is 2. The third kappa shape index (κ3) is 5.58. The minimum Gasteiger partial charge on any atom is 0 e. The summed E-state index contributed by atoms with van der Waals surface area (Å²) in [5.74, 6) is -1.77. The second-order valence-electron chi connectivity index (χ2n) is 4.71. The molecule has 0 saturated carbocycles. The molecule has 0 spiro atoms. The standard InChI is InChI=1S/C15H14AsN2O6.Cr/c19-14(13(15(20)21)10-6-2-1-3-7-10)18-17-12-9-5-4-8-11(12)16(22,23)24;/h1-9,14,19H,(H,20,21)(H2,22,23,24);/q-1;. The van der Waals surface area contributed by atoms with E-state index in [1.165, 1.54) is 36.4 Å². The van der Waals surface area contributed by atoms with Crippen molar-refractivity contribution in [1.29, 1.82) is 0 Å². The Labute approximate surface area is 157 Å². The molecule has 4 N–H and O–H groups in total. The number of carboxylic acids is 1. The SMILES string of the molecule is O=C(O)[C-](c1ccccc1)C(O)N=Nc1ccccc1[As](=O)(O)O.[Cr]. The van der Waals surface area contributed by atoms with Gasteiger partial charge in [-0.25, -0.2) is 0 Å². The van der Waals surface area contributed by atoms with Crippen LogP contribution >= 0.6 is 0 Å². The number of aliphatic hydroxyl groups excluding tert-OH is 1. The van der Waals surface area contributed by atoms with Gasteiger partial charge in [0.25, 0.3) is 0 Å². The summed E-state index contributed by atoms with van der Waals surface area (Å²) in [6, 6.07) is 13.3. The van der Waals surface area contributed by atoms with E-state index in [1.807, 2.05) is 0 Å². The van der Waals surface area contributed by atoms with Gasteiger partial charge in [0, 0.05) is 17.4 Å². The second kappa shape index (κ2) is 9.02. The zero-order valence-electron chi connectivity index (χ0n) is 12.6. The Morgan fingerprint density at radius 2 is 1.60 bits per heavy atom. The van der Waals surface area contributed by atoms with Crippen molar-refractivity contribution in [2.45, 2.75) is 6.23 Å². The molecule has 8 nitrogen and oxygen atoms in total. The van der Waals surface area contributed by atoms with Crippen LogP contribution in [0.1, 0.15) is 5.56 Å². The number of benzene rings is 2. The number of aliphatic carboxylic acids is 1. The molecule has 1 atom stereocenters. The van der Waals surface area contributed by atoms with E-state index in [9.17, 15) is 26.9 Å². The summed E-state index contributed by atoms with van der Waals surface area (Å²) < 4.78 is 29.8. The van der Waals surface area contributed by atoms with Gasteiger partial charge in [-0.2, -0.15) is 0 Å². The zero-order valence-corrected chi connectivity index (χ0v) is 15.8. The molecule has 0 radical (unpaired) electrons. The Balaban J connectivity index is 0.00000312. The molecule has 0 aromatic heterocycles. The van der Waals surface area contributed by atoms with Crippen molar-refractivity contribution < 1.29 is 44.3 Å². The first-order valence-electron chi connectivity index (χ1n) is 6.70. The minimum atomic E-state index is -5.22. The summed E-state index contributed by atoms with van der Waals surface area (Å²) in [6.45, 7) is 0. The molecule has 0 aliphatic carbocycles. The van der Waals surface area contributed by atoms with Gasteiger partial charge in [0.15, 0.2) is 0 Å². The molecule has 0 aliphatic rings. The van der Waals surface area contributed by atoms with E-state index in [0.29, 0.717) is 0 Å². The van der Waals surface area contributed by atoms with Gasteiger partial charge < -0.3 is 0 Å². The molecule has 25 heavy (non-hydrogen) atoms. The fourth-order valence-corrected chi connectivity index (χ4v) is 3.43. The molecule has 0 amide bonds. The molecule has 2 aromatic rings. The Hall–Kier alpha value is -1.85. The fraction of sp³-hybridized carbons (Fsp3) is 0.0667. The van der Waals surface area contributed by atoms with Crippen LogP contribution in [-0.4, -0.2) is 44.8 Å². The molecule has 0 saturated heterocycles. The number of hydrogen-bond acceptors (Lipinski definition) is 5. The van der Waals surface area contributed by atoms with Gasteiger partial charge >= 0.3 is 140 Å². The Morgan fingerprint density at radius 1 is 1.04 bits per heavy atom. The van der Waals surface area contributed by atoms with Crippen LogP contribution in [0, 0.1) is 5.92 Å². The number of hydrogen-bond donors (Lipinski definition) is 4. The van der Waals surface area contributed by atoms with Gasteiger partial charge in [-0.1, -0.05) is 0 Å². The van der Waals surface area contributed by atoms with Gasteiger partial charge in [-0.3, -0.25) is 0 Å². The largest absolute Gasteiger partial charge is 0 e. The summed E-state index contributed by atoms with van der Waals surface area (Å²) in [5.41, 5.74) is 0.130. The number of azo groups is 1. The monoisotopic (exact) mass is 445 g/mol.